The van der Waals surface area contributed by atoms with Crippen molar-refractivity contribution < 1.29 is 4.79 Å². The zero-order chi connectivity index (χ0) is 25.1. The Hall–Kier alpha value is -2.96. The molecule has 188 valence electrons. The molecule has 0 radical (unpaired) electrons. The molecule has 5 rings (SSSR count). The second kappa shape index (κ2) is 10.6. The lowest BCUT2D eigenvalue weighted by molar-refractivity contribution is 0.0781. The lowest BCUT2D eigenvalue weighted by Crippen LogP contribution is -2.45. The number of likely N-dealkylation sites (N-methyl/N-ethyl adjacent to an activating group) is 1. The number of amides is 1. The van der Waals surface area contributed by atoms with Crippen molar-refractivity contribution in [2.24, 2.45) is 0 Å². The molecule has 36 heavy (non-hydrogen) atoms. The Morgan fingerprint density at radius 3 is 2.33 bits per heavy atom. The third-order valence-corrected chi connectivity index (χ3v) is 7.96. The molecule has 1 aliphatic heterocycles. The molecule has 1 aliphatic carbocycles. The molecule has 0 N–H and O–H groups in total. The highest BCUT2D eigenvalue weighted by Gasteiger charge is 2.42. The molecule has 2 aromatic carbocycles. The lowest BCUT2D eigenvalue weighted by Gasteiger charge is -2.35. The molecule has 6 nitrogen and oxygen atoms in total. The van der Waals surface area contributed by atoms with Crippen molar-refractivity contribution >= 4 is 23.5 Å². The molecule has 0 atom stereocenters. The second-order valence-electron chi connectivity index (χ2n) is 10.2. The summed E-state index contributed by atoms with van der Waals surface area (Å²) in [5.41, 5.74) is 3.40. The molecule has 1 amide bonds. The third-order valence-electron chi connectivity index (χ3n) is 7.71. The van der Waals surface area contributed by atoms with Gasteiger partial charge in [0.2, 0.25) is 5.95 Å². The second-order valence-corrected chi connectivity index (χ2v) is 10.6. The zero-order valence-electron chi connectivity index (χ0n) is 21.2. The van der Waals surface area contributed by atoms with Crippen molar-refractivity contribution in [2.45, 2.75) is 37.6 Å². The maximum atomic E-state index is 13.9. The first-order valence-corrected chi connectivity index (χ1v) is 13.2. The predicted octanol–water partition coefficient (Wildman–Crippen LogP) is 5.01. The van der Waals surface area contributed by atoms with E-state index in [2.05, 4.69) is 29.0 Å². The fourth-order valence-corrected chi connectivity index (χ4v) is 5.72. The summed E-state index contributed by atoms with van der Waals surface area (Å²) in [5.74, 6) is 0.680. The maximum absolute atomic E-state index is 13.9. The van der Waals surface area contributed by atoms with Gasteiger partial charge in [0.25, 0.3) is 5.91 Å². The summed E-state index contributed by atoms with van der Waals surface area (Å²) < 4.78 is 0. The van der Waals surface area contributed by atoms with Gasteiger partial charge < -0.3 is 14.7 Å². The van der Waals surface area contributed by atoms with Crippen molar-refractivity contribution in [3.63, 3.8) is 0 Å². The fourth-order valence-electron chi connectivity index (χ4n) is 5.60. The largest absolute Gasteiger partial charge is 0.338 e. The van der Waals surface area contributed by atoms with Crippen LogP contribution in [0.4, 0.5) is 5.95 Å². The number of nitrogens with zero attached hydrogens (tertiary/aromatic N) is 5. The van der Waals surface area contributed by atoms with Gasteiger partial charge in [0.15, 0.2) is 0 Å². The lowest BCUT2D eigenvalue weighted by atomic mass is 9.74. The number of aromatic nitrogens is 2. The number of benzene rings is 2. The summed E-state index contributed by atoms with van der Waals surface area (Å²) >= 11 is 6.25. The van der Waals surface area contributed by atoms with Crippen LogP contribution in [0.2, 0.25) is 5.02 Å². The Bertz CT molecular complexity index is 1190. The molecular formula is C29H34ClN5O. The minimum atomic E-state index is -0.326. The SMILES string of the molecule is CN1CCN(c2ncc(C(=O)N(C)Cc3ccccc3)c(C3(c4ccc(Cl)cc4)CCCC3)n2)CC1. The minimum absolute atomic E-state index is 0.0426. The van der Waals surface area contributed by atoms with E-state index in [0.717, 1.165) is 69.1 Å². The molecule has 1 saturated carbocycles. The fraction of sp³-hybridized carbons (Fsp3) is 0.414. The Labute approximate surface area is 218 Å². The summed E-state index contributed by atoms with van der Waals surface area (Å²) in [7, 11) is 4.00. The monoisotopic (exact) mass is 503 g/mol. The van der Waals surface area contributed by atoms with Crippen molar-refractivity contribution in [2.75, 3.05) is 45.2 Å². The molecule has 2 aliphatic rings. The van der Waals surface area contributed by atoms with E-state index in [1.165, 1.54) is 5.56 Å². The molecule has 1 saturated heterocycles. The number of halogens is 1. The third kappa shape index (κ3) is 4.97. The summed E-state index contributed by atoms with van der Waals surface area (Å²) in [4.78, 5) is 30.2. The van der Waals surface area contributed by atoms with Crippen LogP contribution >= 0.6 is 11.6 Å². The van der Waals surface area contributed by atoms with Crippen LogP contribution in [0.25, 0.3) is 0 Å². The average molecular weight is 504 g/mol. The summed E-state index contributed by atoms with van der Waals surface area (Å²) in [6.45, 7) is 4.24. The van der Waals surface area contributed by atoms with E-state index in [1.807, 2.05) is 49.5 Å². The van der Waals surface area contributed by atoms with Gasteiger partial charge in [-0.15, -0.1) is 0 Å². The summed E-state index contributed by atoms with van der Waals surface area (Å²) in [6, 6.07) is 18.2. The van der Waals surface area contributed by atoms with Crippen LogP contribution in [-0.4, -0.2) is 65.9 Å². The van der Waals surface area contributed by atoms with Gasteiger partial charge in [-0.3, -0.25) is 4.79 Å². The molecule has 2 fully saturated rings. The number of carbonyl (C=O) groups excluding carboxylic acids is 1. The van der Waals surface area contributed by atoms with E-state index in [4.69, 9.17) is 21.6 Å². The van der Waals surface area contributed by atoms with Crippen LogP contribution < -0.4 is 4.90 Å². The quantitative estimate of drug-likeness (QED) is 0.473. The van der Waals surface area contributed by atoms with Crippen LogP contribution in [-0.2, 0) is 12.0 Å². The topological polar surface area (TPSA) is 52.6 Å². The molecule has 0 unspecified atom stereocenters. The number of carbonyl (C=O) groups is 1. The van der Waals surface area contributed by atoms with Gasteiger partial charge in [-0.2, -0.15) is 0 Å². The van der Waals surface area contributed by atoms with Crippen molar-refractivity contribution in [3.8, 4) is 0 Å². The van der Waals surface area contributed by atoms with Crippen LogP contribution in [0.15, 0.2) is 60.8 Å². The Morgan fingerprint density at radius 1 is 1.00 bits per heavy atom. The normalized spacial score (nSPS) is 17.8. The number of anilines is 1. The average Bonchev–Trinajstić information content (AvgIpc) is 3.40. The first-order chi connectivity index (χ1) is 17.5. The smallest absolute Gasteiger partial charge is 0.257 e. The molecule has 3 aromatic rings. The molecule has 7 heteroatoms. The van der Waals surface area contributed by atoms with E-state index < -0.39 is 0 Å². The highest BCUT2D eigenvalue weighted by atomic mass is 35.5. The summed E-state index contributed by atoms with van der Waals surface area (Å²) in [5, 5.41) is 0.714. The number of hydrogen-bond acceptors (Lipinski definition) is 5. The zero-order valence-corrected chi connectivity index (χ0v) is 21.9. The highest BCUT2D eigenvalue weighted by molar-refractivity contribution is 6.30. The van der Waals surface area contributed by atoms with Gasteiger partial charge in [-0.1, -0.05) is 66.9 Å². The highest BCUT2D eigenvalue weighted by Crippen LogP contribution is 2.47. The molecule has 1 aromatic heterocycles. The summed E-state index contributed by atoms with van der Waals surface area (Å²) in [6.07, 6.45) is 5.89. The van der Waals surface area contributed by atoms with Crippen LogP contribution in [0.1, 0.15) is 52.9 Å². The first-order valence-electron chi connectivity index (χ1n) is 12.8. The van der Waals surface area contributed by atoms with Gasteiger partial charge in [0, 0.05) is 56.4 Å². The number of piperazine rings is 1. The maximum Gasteiger partial charge on any atom is 0.257 e. The van der Waals surface area contributed by atoms with E-state index in [-0.39, 0.29) is 11.3 Å². The Morgan fingerprint density at radius 2 is 1.67 bits per heavy atom. The number of rotatable bonds is 6. The van der Waals surface area contributed by atoms with Crippen LogP contribution in [0.5, 0.6) is 0 Å². The van der Waals surface area contributed by atoms with Crippen LogP contribution in [0, 0.1) is 0 Å². The number of hydrogen-bond donors (Lipinski definition) is 0. The van der Waals surface area contributed by atoms with Gasteiger partial charge >= 0.3 is 0 Å². The van der Waals surface area contributed by atoms with Gasteiger partial charge in [-0.05, 0) is 43.1 Å². The van der Waals surface area contributed by atoms with Gasteiger partial charge in [0.1, 0.15) is 0 Å². The molecule has 0 spiro atoms. The van der Waals surface area contributed by atoms with Gasteiger partial charge in [-0.25, -0.2) is 9.97 Å². The molecular weight excluding hydrogens is 470 g/mol. The van der Waals surface area contributed by atoms with E-state index in [9.17, 15) is 4.79 Å². The van der Waals surface area contributed by atoms with Crippen LogP contribution in [0.3, 0.4) is 0 Å². The molecule has 0 bridgehead atoms. The van der Waals surface area contributed by atoms with Crippen molar-refractivity contribution in [3.05, 3.63) is 88.2 Å². The predicted molar refractivity (Wildman–Crippen MR) is 145 cm³/mol. The van der Waals surface area contributed by atoms with Crippen molar-refractivity contribution in [1.82, 2.24) is 19.8 Å². The Balaban J connectivity index is 1.57. The standard InChI is InChI=1S/C29H34ClN5O/c1-33-16-18-35(19-17-33)28-31-20-25(27(36)34(2)21-22-8-4-3-5-9-22)26(32-28)29(14-6-7-15-29)23-10-12-24(30)13-11-23/h3-5,8-13,20H,6-7,14-19,21H2,1-2H3. The van der Waals surface area contributed by atoms with E-state index in [0.29, 0.717) is 17.1 Å². The van der Waals surface area contributed by atoms with E-state index >= 15 is 0 Å². The first kappa shape index (κ1) is 24.7. The minimum Gasteiger partial charge on any atom is -0.338 e. The van der Waals surface area contributed by atoms with E-state index in [1.54, 1.807) is 11.1 Å². The van der Waals surface area contributed by atoms with Gasteiger partial charge in [0.05, 0.1) is 11.3 Å². The van der Waals surface area contributed by atoms with Crippen molar-refractivity contribution in [1.29, 1.82) is 0 Å². The molecule has 2 heterocycles. The Kier molecular flexibility index (Phi) is 7.26.